The SMILES string of the molecule is CCc1ccc(-c2ccc(NC(=O)O)c(N)c2)cc1. The fourth-order valence-electron chi connectivity index (χ4n) is 1.90. The second-order valence-corrected chi connectivity index (χ2v) is 4.28. The first-order valence-electron chi connectivity index (χ1n) is 6.09. The Bertz CT molecular complexity index is 592. The van der Waals surface area contributed by atoms with Crippen LogP contribution in [0.25, 0.3) is 11.1 Å². The number of benzene rings is 2. The maximum atomic E-state index is 10.6. The molecule has 0 heterocycles. The number of nitrogen functional groups attached to an aromatic ring is 1. The topological polar surface area (TPSA) is 75.3 Å². The molecule has 0 unspecified atom stereocenters. The monoisotopic (exact) mass is 256 g/mol. The van der Waals surface area contributed by atoms with Crippen LogP contribution in [0.15, 0.2) is 42.5 Å². The van der Waals surface area contributed by atoms with Crippen molar-refractivity contribution in [1.82, 2.24) is 0 Å². The van der Waals surface area contributed by atoms with Crippen LogP contribution in [0.3, 0.4) is 0 Å². The molecule has 4 N–H and O–H groups in total. The Morgan fingerprint density at radius 1 is 1.16 bits per heavy atom. The van der Waals surface area contributed by atoms with Gasteiger partial charge in [0.05, 0.1) is 11.4 Å². The van der Waals surface area contributed by atoms with Gasteiger partial charge in [0.15, 0.2) is 0 Å². The van der Waals surface area contributed by atoms with Crippen LogP contribution in [-0.4, -0.2) is 11.2 Å². The summed E-state index contributed by atoms with van der Waals surface area (Å²) in [6.07, 6.45) is -0.115. The average Bonchev–Trinajstić information content (AvgIpc) is 2.41. The largest absolute Gasteiger partial charge is 0.465 e. The molecule has 0 atom stereocenters. The zero-order chi connectivity index (χ0) is 13.8. The highest BCUT2D eigenvalue weighted by Crippen LogP contribution is 2.27. The third kappa shape index (κ3) is 3.04. The molecule has 4 nitrogen and oxygen atoms in total. The molecule has 0 saturated heterocycles. The lowest BCUT2D eigenvalue weighted by molar-refractivity contribution is 0.210. The number of hydrogen-bond donors (Lipinski definition) is 3. The number of aryl methyl sites for hydroxylation is 1. The number of carboxylic acid groups (broad SMARTS) is 1. The van der Waals surface area contributed by atoms with Crippen molar-refractivity contribution < 1.29 is 9.90 Å². The van der Waals surface area contributed by atoms with Gasteiger partial charge in [-0.05, 0) is 35.2 Å². The van der Waals surface area contributed by atoms with E-state index in [9.17, 15) is 4.79 Å². The Kier molecular flexibility index (Phi) is 3.71. The van der Waals surface area contributed by atoms with E-state index >= 15 is 0 Å². The molecule has 0 radical (unpaired) electrons. The summed E-state index contributed by atoms with van der Waals surface area (Å²) in [5.41, 5.74) is 9.97. The lowest BCUT2D eigenvalue weighted by Gasteiger charge is -2.08. The molecule has 0 aliphatic rings. The highest BCUT2D eigenvalue weighted by molar-refractivity contribution is 5.89. The van der Waals surface area contributed by atoms with Gasteiger partial charge in [0.1, 0.15) is 0 Å². The van der Waals surface area contributed by atoms with E-state index in [1.54, 1.807) is 12.1 Å². The molecule has 0 aromatic heterocycles. The van der Waals surface area contributed by atoms with Gasteiger partial charge in [0.2, 0.25) is 0 Å². The molecule has 0 fully saturated rings. The van der Waals surface area contributed by atoms with E-state index in [1.165, 1.54) is 5.56 Å². The molecular formula is C15H16N2O2. The van der Waals surface area contributed by atoms with E-state index in [2.05, 4.69) is 24.4 Å². The van der Waals surface area contributed by atoms with Gasteiger partial charge >= 0.3 is 6.09 Å². The summed E-state index contributed by atoms with van der Waals surface area (Å²) in [5, 5.41) is 10.9. The summed E-state index contributed by atoms with van der Waals surface area (Å²) in [5.74, 6) is 0. The van der Waals surface area contributed by atoms with Gasteiger partial charge in [0, 0.05) is 0 Å². The lowest BCUT2D eigenvalue weighted by Crippen LogP contribution is -2.09. The van der Waals surface area contributed by atoms with Crippen molar-refractivity contribution in [3.8, 4) is 11.1 Å². The minimum Gasteiger partial charge on any atom is -0.465 e. The number of nitrogens with two attached hydrogens (primary N) is 1. The predicted molar refractivity (Wildman–Crippen MR) is 77.3 cm³/mol. The first-order valence-corrected chi connectivity index (χ1v) is 6.09. The van der Waals surface area contributed by atoms with Crippen LogP contribution in [0.2, 0.25) is 0 Å². The van der Waals surface area contributed by atoms with Gasteiger partial charge in [0.25, 0.3) is 0 Å². The van der Waals surface area contributed by atoms with Gasteiger partial charge in [-0.25, -0.2) is 4.79 Å². The van der Waals surface area contributed by atoms with E-state index in [4.69, 9.17) is 10.8 Å². The van der Waals surface area contributed by atoms with Crippen molar-refractivity contribution in [3.63, 3.8) is 0 Å². The average molecular weight is 256 g/mol. The van der Waals surface area contributed by atoms with E-state index in [-0.39, 0.29) is 0 Å². The number of nitrogens with one attached hydrogen (secondary N) is 1. The molecule has 19 heavy (non-hydrogen) atoms. The van der Waals surface area contributed by atoms with Crippen molar-refractivity contribution in [3.05, 3.63) is 48.0 Å². The molecule has 2 aromatic carbocycles. The third-order valence-electron chi connectivity index (χ3n) is 2.99. The quantitative estimate of drug-likeness (QED) is 0.734. The van der Waals surface area contributed by atoms with Crippen molar-refractivity contribution in [1.29, 1.82) is 0 Å². The van der Waals surface area contributed by atoms with Gasteiger partial charge in [-0.2, -0.15) is 0 Å². The lowest BCUT2D eigenvalue weighted by atomic mass is 10.0. The fraction of sp³-hybridized carbons (Fsp3) is 0.133. The van der Waals surface area contributed by atoms with Gasteiger partial charge in [-0.1, -0.05) is 37.3 Å². The van der Waals surface area contributed by atoms with E-state index in [0.717, 1.165) is 17.5 Å². The standard InChI is InChI=1S/C15H16N2O2/c1-2-10-3-5-11(6-4-10)12-7-8-14(13(16)9-12)17-15(18)19/h3-9,17H,2,16H2,1H3,(H,18,19). The van der Waals surface area contributed by atoms with Crippen LogP contribution in [-0.2, 0) is 6.42 Å². The Hall–Kier alpha value is -2.49. The van der Waals surface area contributed by atoms with E-state index < -0.39 is 6.09 Å². The number of hydrogen-bond acceptors (Lipinski definition) is 2. The Balaban J connectivity index is 2.30. The summed E-state index contributed by atoms with van der Waals surface area (Å²) < 4.78 is 0. The summed E-state index contributed by atoms with van der Waals surface area (Å²) in [4.78, 5) is 10.6. The maximum absolute atomic E-state index is 10.6. The first-order chi connectivity index (χ1) is 9.10. The van der Waals surface area contributed by atoms with Gasteiger partial charge in [-0.15, -0.1) is 0 Å². The number of rotatable bonds is 3. The third-order valence-corrected chi connectivity index (χ3v) is 2.99. The fourth-order valence-corrected chi connectivity index (χ4v) is 1.90. The van der Waals surface area contributed by atoms with E-state index in [1.807, 2.05) is 18.2 Å². The molecule has 98 valence electrons. The molecule has 0 aliphatic heterocycles. The molecule has 2 aromatic rings. The van der Waals surface area contributed by atoms with Crippen LogP contribution in [0.4, 0.5) is 16.2 Å². The van der Waals surface area contributed by atoms with Crippen LogP contribution >= 0.6 is 0 Å². The van der Waals surface area contributed by atoms with Crippen LogP contribution in [0.5, 0.6) is 0 Å². The summed E-state index contributed by atoms with van der Waals surface area (Å²) >= 11 is 0. The van der Waals surface area contributed by atoms with Crippen LogP contribution in [0, 0.1) is 0 Å². The number of anilines is 2. The molecule has 2 rings (SSSR count). The zero-order valence-corrected chi connectivity index (χ0v) is 10.7. The highest BCUT2D eigenvalue weighted by Gasteiger charge is 2.05. The van der Waals surface area contributed by atoms with Crippen molar-refractivity contribution in [2.24, 2.45) is 0 Å². The van der Waals surface area contributed by atoms with E-state index in [0.29, 0.717) is 11.4 Å². The Morgan fingerprint density at radius 3 is 2.32 bits per heavy atom. The van der Waals surface area contributed by atoms with Crippen molar-refractivity contribution >= 4 is 17.5 Å². The highest BCUT2D eigenvalue weighted by atomic mass is 16.4. The summed E-state index contributed by atoms with van der Waals surface area (Å²) in [6, 6.07) is 13.5. The van der Waals surface area contributed by atoms with Gasteiger partial charge < -0.3 is 10.8 Å². The molecule has 0 bridgehead atoms. The number of amides is 1. The molecule has 4 heteroatoms. The van der Waals surface area contributed by atoms with Crippen molar-refractivity contribution in [2.45, 2.75) is 13.3 Å². The minimum atomic E-state index is -1.12. The predicted octanol–water partition coefficient (Wildman–Crippen LogP) is 3.59. The molecule has 0 saturated carbocycles. The van der Waals surface area contributed by atoms with Gasteiger partial charge in [-0.3, -0.25) is 5.32 Å². The van der Waals surface area contributed by atoms with Crippen LogP contribution < -0.4 is 11.1 Å². The molecule has 1 amide bonds. The second kappa shape index (κ2) is 5.44. The molecular weight excluding hydrogens is 240 g/mol. The summed E-state index contributed by atoms with van der Waals surface area (Å²) in [7, 11) is 0. The second-order valence-electron chi connectivity index (χ2n) is 4.28. The Morgan fingerprint density at radius 2 is 1.79 bits per heavy atom. The summed E-state index contributed by atoms with van der Waals surface area (Å²) in [6.45, 7) is 2.11. The van der Waals surface area contributed by atoms with Crippen LogP contribution in [0.1, 0.15) is 12.5 Å². The molecule has 0 spiro atoms. The number of carbonyl (C=O) groups is 1. The van der Waals surface area contributed by atoms with Crippen molar-refractivity contribution in [2.75, 3.05) is 11.1 Å². The molecule has 0 aliphatic carbocycles. The normalized spacial score (nSPS) is 10.2. The zero-order valence-electron chi connectivity index (χ0n) is 10.7. The maximum Gasteiger partial charge on any atom is 0.409 e. The Labute approximate surface area is 111 Å². The minimum absolute atomic E-state index is 0.404. The smallest absolute Gasteiger partial charge is 0.409 e. The first kappa shape index (κ1) is 13.0.